The maximum Gasteiger partial charge on any atom is 0.0991 e. The number of fused-ring (bicyclic) bond motifs is 3. The van der Waals surface area contributed by atoms with E-state index in [0.717, 1.165) is 55.4 Å². The minimum atomic E-state index is 0.638. The Morgan fingerprint density at radius 1 is 0.562 bits per heavy atom. The van der Waals surface area contributed by atoms with Crippen molar-refractivity contribution in [2.45, 2.75) is 13.8 Å². The van der Waals surface area contributed by atoms with Gasteiger partial charge in [-0.1, -0.05) is 36.4 Å². The van der Waals surface area contributed by atoms with Gasteiger partial charge in [0.15, 0.2) is 0 Å². The number of benzene rings is 3. The Labute approximate surface area is 186 Å². The van der Waals surface area contributed by atoms with Crippen LogP contribution in [0.2, 0.25) is 0 Å². The largest absolute Gasteiger partial charge is 0.251 e. The molecule has 2 heterocycles. The van der Waals surface area contributed by atoms with Crippen LogP contribution in [0.15, 0.2) is 72.8 Å². The fourth-order valence-corrected chi connectivity index (χ4v) is 4.16. The Bertz CT molecular complexity index is 1460. The van der Waals surface area contributed by atoms with Crippen molar-refractivity contribution >= 4 is 21.8 Å². The van der Waals surface area contributed by atoms with E-state index in [1.54, 1.807) is 0 Å². The average molecular weight is 410 g/mol. The number of nitrogens with zero attached hydrogens (tertiary/aromatic N) is 4. The molecule has 0 saturated carbocycles. The van der Waals surface area contributed by atoms with Gasteiger partial charge in [0.25, 0.3) is 0 Å². The number of nitriles is 2. The summed E-state index contributed by atoms with van der Waals surface area (Å²) in [6, 6.07) is 27.9. The fraction of sp³-hybridized carbons (Fsp3) is 0.0714. The third kappa shape index (κ3) is 3.25. The molecule has 0 spiro atoms. The van der Waals surface area contributed by atoms with Crippen LogP contribution in [0, 0.1) is 36.5 Å². The highest BCUT2D eigenvalue weighted by atomic mass is 14.8. The molecule has 4 heteroatoms. The summed E-state index contributed by atoms with van der Waals surface area (Å²) in [4.78, 5) is 9.74. The van der Waals surface area contributed by atoms with E-state index in [2.05, 4.69) is 36.4 Å². The summed E-state index contributed by atoms with van der Waals surface area (Å²) in [6.07, 6.45) is 0. The Morgan fingerprint density at radius 3 is 1.28 bits per heavy atom. The van der Waals surface area contributed by atoms with E-state index < -0.39 is 0 Å². The van der Waals surface area contributed by atoms with Gasteiger partial charge in [-0.05, 0) is 72.5 Å². The molecule has 0 unspecified atom stereocenters. The van der Waals surface area contributed by atoms with Crippen molar-refractivity contribution in [1.82, 2.24) is 9.97 Å². The SMILES string of the molecule is Cc1cc(-c2ccc(C#N)cc2)c2ccc3c(-c4ccc(C#N)cc4)cc(C)nc3c2n1. The summed E-state index contributed by atoms with van der Waals surface area (Å²) in [5, 5.41) is 20.3. The minimum absolute atomic E-state index is 0.638. The van der Waals surface area contributed by atoms with Crippen molar-refractivity contribution in [2.24, 2.45) is 0 Å². The normalized spacial score (nSPS) is 10.8. The Morgan fingerprint density at radius 2 is 0.938 bits per heavy atom. The minimum Gasteiger partial charge on any atom is -0.251 e. The van der Waals surface area contributed by atoms with E-state index in [0.29, 0.717) is 11.1 Å². The lowest BCUT2D eigenvalue weighted by Crippen LogP contribution is -1.95. The number of pyridine rings is 2. The number of hydrogen-bond donors (Lipinski definition) is 0. The predicted octanol–water partition coefficient (Wildman–Crippen LogP) is 6.48. The molecule has 0 N–H and O–H groups in total. The lowest BCUT2D eigenvalue weighted by molar-refractivity contribution is 1.23. The Kier molecular flexibility index (Phi) is 4.62. The van der Waals surface area contributed by atoms with E-state index in [9.17, 15) is 0 Å². The maximum absolute atomic E-state index is 9.12. The molecule has 0 saturated heterocycles. The zero-order chi connectivity index (χ0) is 22.2. The highest BCUT2D eigenvalue weighted by molar-refractivity contribution is 6.12. The molecule has 0 fully saturated rings. The highest BCUT2D eigenvalue weighted by Gasteiger charge is 2.14. The van der Waals surface area contributed by atoms with E-state index >= 15 is 0 Å². The first-order valence-electron chi connectivity index (χ1n) is 10.3. The van der Waals surface area contributed by atoms with Crippen molar-refractivity contribution in [3.05, 3.63) is 95.3 Å². The first-order valence-corrected chi connectivity index (χ1v) is 10.3. The van der Waals surface area contributed by atoms with E-state index in [4.69, 9.17) is 20.5 Å². The standard InChI is InChI=1S/C28H18N4/c1-17-13-25(21-7-3-19(15-29)4-8-21)23-11-12-24-26(22-9-5-20(16-30)6-10-22)14-18(2)32-28(24)27(23)31-17/h3-14H,1-2H3. The van der Waals surface area contributed by atoms with Gasteiger partial charge < -0.3 is 0 Å². The molecule has 2 aromatic heterocycles. The van der Waals surface area contributed by atoms with E-state index in [1.807, 2.05) is 62.4 Å². The molecule has 0 radical (unpaired) electrons. The molecule has 0 aliphatic heterocycles. The molecule has 5 rings (SSSR count). The molecule has 5 aromatic rings. The van der Waals surface area contributed by atoms with Crippen LogP contribution in [0.3, 0.4) is 0 Å². The van der Waals surface area contributed by atoms with Crippen LogP contribution in [-0.4, -0.2) is 9.97 Å². The van der Waals surface area contributed by atoms with Crippen LogP contribution in [0.5, 0.6) is 0 Å². The smallest absolute Gasteiger partial charge is 0.0991 e. The Hall–Kier alpha value is -4.54. The molecular formula is C28H18N4. The molecule has 0 amide bonds. The maximum atomic E-state index is 9.12. The third-order valence-corrected chi connectivity index (χ3v) is 5.66. The molecule has 3 aromatic carbocycles. The monoisotopic (exact) mass is 410 g/mol. The van der Waals surface area contributed by atoms with Gasteiger partial charge in [-0.3, -0.25) is 9.97 Å². The zero-order valence-corrected chi connectivity index (χ0v) is 17.7. The van der Waals surface area contributed by atoms with Crippen LogP contribution in [0.4, 0.5) is 0 Å². The summed E-state index contributed by atoms with van der Waals surface area (Å²) in [5.41, 5.74) is 9.04. The molecule has 32 heavy (non-hydrogen) atoms. The number of aromatic nitrogens is 2. The fourth-order valence-electron chi connectivity index (χ4n) is 4.16. The Balaban J connectivity index is 1.80. The van der Waals surface area contributed by atoms with Gasteiger partial charge in [-0.25, -0.2) is 0 Å². The zero-order valence-electron chi connectivity index (χ0n) is 17.7. The molecular weight excluding hydrogens is 392 g/mol. The summed E-state index contributed by atoms with van der Waals surface area (Å²) in [6.45, 7) is 3.98. The van der Waals surface area contributed by atoms with Crippen molar-refractivity contribution in [2.75, 3.05) is 0 Å². The van der Waals surface area contributed by atoms with E-state index in [1.165, 1.54) is 0 Å². The molecule has 0 aliphatic carbocycles. The topological polar surface area (TPSA) is 73.4 Å². The van der Waals surface area contributed by atoms with Gasteiger partial charge in [-0.15, -0.1) is 0 Å². The van der Waals surface area contributed by atoms with Gasteiger partial charge in [-0.2, -0.15) is 10.5 Å². The summed E-state index contributed by atoms with van der Waals surface area (Å²) >= 11 is 0. The van der Waals surface area contributed by atoms with Crippen LogP contribution in [-0.2, 0) is 0 Å². The van der Waals surface area contributed by atoms with Crippen molar-refractivity contribution in [3.8, 4) is 34.4 Å². The van der Waals surface area contributed by atoms with Gasteiger partial charge in [0.1, 0.15) is 0 Å². The van der Waals surface area contributed by atoms with Crippen LogP contribution < -0.4 is 0 Å². The summed E-state index contributed by atoms with van der Waals surface area (Å²) in [5.74, 6) is 0. The molecule has 150 valence electrons. The predicted molar refractivity (Wildman–Crippen MR) is 127 cm³/mol. The van der Waals surface area contributed by atoms with Gasteiger partial charge in [0.2, 0.25) is 0 Å². The van der Waals surface area contributed by atoms with Gasteiger partial charge >= 0.3 is 0 Å². The number of hydrogen-bond acceptors (Lipinski definition) is 4. The van der Waals surface area contributed by atoms with Gasteiger partial charge in [0, 0.05) is 22.2 Å². The lowest BCUT2D eigenvalue weighted by atomic mass is 9.95. The van der Waals surface area contributed by atoms with Crippen molar-refractivity contribution < 1.29 is 0 Å². The summed E-state index contributed by atoms with van der Waals surface area (Å²) < 4.78 is 0. The first kappa shape index (κ1) is 19.4. The van der Waals surface area contributed by atoms with Gasteiger partial charge in [0.05, 0.1) is 34.3 Å². The molecule has 4 nitrogen and oxygen atoms in total. The molecule has 0 bridgehead atoms. The number of rotatable bonds is 2. The van der Waals surface area contributed by atoms with Crippen LogP contribution >= 0.6 is 0 Å². The highest BCUT2D eigenvalue weighted by Crippen LogP contribution is 2.36. The number of aryl methyl sites for hydroxylation is 2. The third-order valence-electron chi connectivity index (χ3n) is 5.66. The second-order valence-electron chi connectivity index (χ2n) is 7.86. The second-order valence-corrected chi connectivity index (χ2v) is 7.86. The second kappa shape index (κ2) is 7.61. The first-order chi connectivity index (χ1) is 15.6. The quantitative estimate of drug-likeness (QED) is 0.312. The van der Waals surface area contributed by atoms with Crippen molar-refractivity contribution in [3.63, 3.8) is 0 Å². The molecule has 0 aliphatic rings. The van der Waals surface area contributed by atoms with Crippen LogP contribution in [0.1, 0.15) is 22.5 Å². The van der Waals surface area contributed by atoms with Crippen LogP contribution in [0.25, 0.3) is 44.1 Å². The average Bonchev–Trinajstić information content (AvgIpc) is 2.83. The molecule has 0 atom stereocenters. The van der Waals surface area contributed by atoms with E-state index in [-0.39, 0.29) is 0 Å². The summed E-state index contributed by atoms with van der Waals surface area (Å²) in [7, 11) is 0. The lowest BCUT2D eigenvalue weighted by Gasteiger charge is -2.13. The van der Waals surface area contributed by atoms with Crippen molar-refractivity contribution in [1.29, 1.82) is 10.5 Å².